The number of amides is 1. The maximum Gasteiger partial charge on any atom is 0.223 e. The van der Waals surface area contributed by atoms with Gasteiger partial charge < -0.3 is 10.3 Å². The largest absolute Gasteiger partial charge is 0.358 e. The molecular weight excluding hydrogens is 303 g/mol. The average Bonchev–Trinajstić information content (AvgIpc) is 2.99. The molecule has 4 heteroatoms. The first-order valence-electron chi connectivity index (χ1n) is 8.31. The molecule has 24 heavy (non-hydrogen) atoms. The number of nitrogens with one attached hydrogen (secondary N) is 2. The van der Waals surface area contributed by atoms with Crippen molar-refractivity contribution in [2.24, 2.45) is 5.92 Å². The van der Waals surface area contributed by atoms with Gasteiger partial charge in [-0.15, -0.1) is 0 Å². The van der Waals surface area contributed by atoms with Crippen LogP contribution < -0.4 is 5.32 Å². The highest BCUT2D eigenvalue weighted by atomic mass is 19.1. The molecule has 0 radical (unpaired) electrons. The Balaban J connectivity index is 1.45. The van der Waals surface area contributed by atoms with E-state index in [9.17, 15) is 9.18 Å². The number of para-hydroxylation sites is 1. The van der Waals surface area contributed by atoms with Crippen LogP contribution in [0.2, 0.25) is 0 Å². The number of aromatic amines is 1. The second kappa shape index (κ2) is 6.11. The molecule has 1 aromatic heterocycles. The van der Waals surface area contributed by atoms with Gasteiger partial charge in [-0.25, -0.2) is 4.39 Å². The van der Waals surface area contributed by atoms with Gasteiger partial charge in [-0.1, -0.05) is 30.3 Å². The molecule has 1 amide bonds. The molecule has 0 fully saturated rings. The van der Waals surface area contributed by atoms with Gasteiger partial charge in [-0.05, 0) is 48.6 Å². The molecule has 2 aromatic carbocycles. The van der Waals surface area contributed by atoms with Gasteiger partial charge in [0.25, 0.3) is 0 Å². The zero-order valence-corrected chi connectivity index (χ0v) is 13.3. The van der Waals surface area contributed by atoms with Crippen molar-refractivity contribution in [2.45, 2.75) is 25.8 Å². The summed E-state index contributed by atoms with van der Waals surface area (Å²) in [6, 6.07) is 14.5. The fourth-order valence-electron chi connectivity index (χ4n) is 3.53. The van der Waals surface area contributed by atoms with Crippen LogP contribution in [0.15, 0.2) is 48.5 Å². The smallest absolute Gasteiger partial charge is 0.223 e. The quantitative estimate of drug-likeness (QED) is 0.758. The van der Waals surface area contributed by atoms with E-state index >= 15 is 0 Å². The number of carbonyl (C=O) groups is 1. The topological polar surface area (TPSA) is 44.9 Å². The zero-order chi connectivity index (χ0) is 16.5. The van der Waals surface area contributed by atoms with E-state index in [1.165, 1.54) is 28.8 Å². The van der Waals surface area contributed by atoms with Gasteiger partial charge in [0.15, 0.2) is 0 Å². The van der Waals surface area contributed by atoms with Crippen LogP contribution in [-0.4, -0.2) is 10.9 Å². The summed E-state index contributed by atoms with van der Waals surface area (Å²) in [5.74, 6) is -0.184. The Morgan fingerprint density at radius 2 is 1.96 bits per heavy atom. The molecule has 1 unspecified atom stereocenters. The summed E-state index contributed by atoms with van der Waals surface area (Å²) in [6.45, 7) is 0.441. The molecule has 4 rings (SSSR count). The molecule has 0 saturated heterocycles. The van der Waals surface area contributed by atoms with Gasteiger partial charge in [0, 0.05) is 29.1 Å². The lowest BCUT2D eigenvalue weighted by atomic mass is 9.86. The highest BCUT2D eigenvalue weighted by Crippen LogP contribution is 2.31. The molecule has 0 aliphatic heterocycles. The molecule has 0 saturated carbocycles. The van der Waals surface area contributed by atoms with E-state index in [4.69, 9.17) is 0 Å². The van der Waals surface area contributed by atoms with Crippen LogP contribution in [0.25, 0.3) is 10.9 Å². The summed E-state index contributed by atoms with van der Waals surface area (Å²) in [5, 5.41) is 4.21. The standard InChI is InChI=1S/C20H19FN2O/c21-15-8-5-13(6-9-15)12-22-20(24)14-7-10-19-17(11-14)16-3-1-2-4-18(16)23-19/h1-6,8-9,14,23H,7,10-12H2,(H,22,24). The Kier molecular flexibility index (Phi) is 3.81. The molecule has 0 spiro atoms. The van der Waals surface area contributed by atoms with E-state index in [-0.39, 0.29) is 17.6 Å². The number of hydrogen-bond donors (Lipinski definition) is 2. The summed E-state index contributed by atoms with van der Waals surface area (Å²) < 4.78 is 12.9. The van der Waals surface area contributed by atoms with Gasteiger partial charge in [-0.3, -0.25) is 4.79 Å². The predicted molar refractivity (Wildman–Crippen MR) is 92.1 cm³/mol. The number of hydrogen-bond acceptors (Lipinski definition) is 1. The normalized spacial score (nSPS) is 16.8. The van der Waals surface area contributed by atoms with E-state index in [1.807, 2.05) is 12.1 Å². The molecule has 1 heterocycles. The van der Waals surface area contributed by atoms with Crippen LogP contribution in [0.5, 0.6) is 0 Å². The minimum Gasteiger partial charge on any atom is -0.358 e. The summed E-state index contributed by atoms with van der Waals surface area (Å²) in [6.07, 6.45) is 2.53. The van der Waals surface area contributed by atoms with E-state index in [2.05, 4.69) is 22.4 Å². The van der Waals surface area contributed by atoms with Crippen LogP contribution in [0.3, 0.4) is 0 Å². The van der Waals surface area contributed by atoms with Crippen molar-refractivity contribution in [2.75, 3.05) is 0 Å². The Morgan fingerprint density at radius 3 is 2.79 bits per heavy atom. The maximum atomic E-state index is 12.9. The number of aromatic nitrogens is 1. The lowest BCUT2D eigenvalue weighted by molar-refractivity contribution is -0.125. The molecule has 3 nitrogen and oxygen atoms in total. The van der Waals surface area contributed by atoms with Gasteiger partial charge >= 0.3 is 0 Å². The molecule has 0 bridgehead atoms. The van der Waals surface area contributed by atoms with Crippen LogP contribution in [0.4, 0.5) is 4.39 Å². The molecule has 1 atom stereocenters. The first kappa shape index (κ1) is 14.9. The van der Waals surface area contributed by atoms with Crippen LogP contribution in [0.1, 0.15) is 23.2 Å². The summed E-state index contributed by atoms with van der Waals surface area (Å²) in [4.78, 5) is 16.0. The minimum absolute atomic E-state index is 0.00263. The van der Waals surface area contributed by atoms with E-state index < -0.39 is 0 Å². The molecule has 3 aromatic rings. The number of rotatable bonds is 3. The molecule has 122 valence electrons. The lowest BCUT2D eigenvalue weighted by Crippen LogP contribution is -2.33. The highest BCUT2D eigenvalue weighted by molar-refractivity contribution is 5.87. The third kappa shape index (κ3) is 2.80. The lowest BCUT2D eigenvalue weighted by Gasteiger charge is -2.22. The SMILES string of the molecule is O=C(NCc1ccc(F)cc1)C1CCc2[nH]c3ccccc3c2C1. The van der Waals surface area contributed by atoms with Crippen molar-refractivity contribution in [3.63, 3.8) is 0 Å². The van der Waals surface area contributed by atoms with Crippen LogP contribution >= 0.6 is 0 Å². The number of aryl methyl sites for hydroxylation is 1. The summed E-state index contributed by atoms with van der Waals surface area (Å²) in [5.41, 5.74) is 4.60. The molecule has 2 N–H and O–H groups in total. The number of benzene rings is 2. The van der Waals surface area contributed by atoms with Gasteiger partial charge in [-0.2, -0.15) is 0 Å². The fourth-order valence-corrected chi connectivity index (χ4v) is 3.53. The van der Waals surface area contributed by atoms with E-state index in [1.54, 1.807) is 12.1 Å². The number of fused-ring (bicyclic) bond motifs is 3. The van der Waals surface area contributed by atoms with E-state index in [0.717, 1.165) is 30.3 Å². The van der Waals surface area contributed by atoms with Crippen LogP contribution in [0, 0.1) is 11.7 Å². The van der Waals surface area contributed by atoms with Crippen molar-refractivity contribution in [3.05, 3.63) is 71.2 Å². The van der Waals surface area contributed by atoms with Gasteiger partial charge in [0.2, 0.25) is 5.91 Å². The third-order valence-corrected chi connectivity index (χ3v) is 4.85. The minimum atomic E-state index is -0.260. The van der Waals surface area contributed by atoms with Gasteiger partial charge in [0.05, 0.1) is 0 Å². The molecular formula is C20H19FN2O. The maximum absolute atomic E-state index is 12.9. The summed E-state index contributed by atoms with van der Waals surface area (Å²) in [7, 11) is 0. The van der Waals surface area contributed by atoms with Crippen LogP contribution in [-0.2, 0) is 24.2 Å². The summed E-state index contributed by atoms with van der Waals surface area (Å²) >= 11 is 0. The third-order valence-electron chi connectivity index (χ3n) is 4.85. The van der Waals surface area contributed by atoms with Crippen molar-refractivity contribution in [1.29, 1.82) is 0 Å². The second-order valence-electron chi connectivity index (χ2n) is 6.41. The Labute approximate surface area is 139 Å². The van der Waals surface area contributed by atoms with E-state index in [0.29, 0.717) is 6.54 Å². The predicted octanol–water partition coefficient (Wildman–Crippen LogP) is 3.73. The van der Waals surface area contributed by atoms with Crippen molar-refractivity contribution < 1.29 is 9.18 Å². The average molecular weight is 322 g/mol. The zero-order valence-electron chi connectivity index (χ0n) is 13.3. The Hall–Kier alpha value is -2.62. The first-order chi connectivity index (χ1) is 11.7. The van der Waals surface area contributed by atoms with Crippen molar-refractivity contribution in [1.82, 2.24) is 10.3 Å². The Morgan fingerprint density at radius 1 is 1.17 bits per heavy atom. The Bertz CT molecular complexity index is 882. The second-order valence-corrected chi connectivity index (χ2v) is 6.41. The monoisotopic (exact) mass is 322 g/mol. The van der Waals surface area contributed by atoms with Crippen molar-refractivity contribution in [3.8, 4) is 0 Å². The highest BCUT2D eigenvalue weighted by Gasteiger charge is 2.27. The number of carbonyl (C=O) groups excluding carboxylic acids is 1. The number of halogens is 1. The molecule has 1 aliphatic carbocycles. The van der Waals surface area contributed by atoms with Gasteiger partial charge in [0.1, 0.15) is 5.82 Å². The number of H-pyrrole nitrogens is 1. The first-order valence-corrected chi connectivity index (χ1v) is 8.31. The molecule has 1 aliphatic rings. The van der Waals surface area contributed by atoms with Crippen molar-refractivity contribution >= 4 is 16.8 Å². The fraction of sp³-hybridized carbons (Fsp3) is 0.250.